The van der Waals surface area contributed by atoms with E-state index in [0.717, 1.165) is 31.2 Å². The molecule has 0 saturated carbocycles. The first-order valence-electron chi connectivity index (χ1n) is 9.85. The van der Waals surface area contributed by atoms with E-state index >= 15 is 0 Å². The lowest BCUT2D eigenvalue weighted by Gasteiger charge is -2.32. The zero-order valence-corrected chi connectivity index (χ0v) is 18.0. The van der Waals surface area contributed by atoms with E-state index in [4.69, 9.17) is 0 Å². The predicted octanol–water partition coefficient (Wildman–Crippen LogP) is 3.82. The highest BCUT2D eigenvalue weighted by molar-refractivity contribution is 7.89. The van der Waals surface area contributed by atoms with Crippen LogP contribution in [-0.4, -0.2) is 42.7 Å². The third-order valence-electron chi connectivity index (χ3n) is 5.88. The summed E-state index contributed by atoms with van der Waals surface area (Å²) in [6.07, 6.45) is 3.69. The van der Waals surface area contributed by atoms with Gasteiger partial charge in [-0.3, -0.25) is 4.79 Å². The highest BCUT2D eigenvalue weighted by Gasteiger charge is 2.32. The number of fused-ring (bicyclic) bond motifs is 1. The highest BCUT2D eigenvalue weighted by atomic mass is 32.2. The Hall–Kier alpha value is -1.70. The minimum absolute atomic E-state index is 0.00156. The fraction of sp³-hybridized carbons (Fsp3) is 0.476. The quantitative estimate of drug-likeness (QED) is 0.761. The zero-order chi connectivity index (χ0) is 19.9. The average Bonchev–Trinajstić information content (AvgIpc) is 3.15. The largest absolute Gasteiger partial charge is 0.334 e. The summed E-state index contributed by atoms with van der Waals surface area (Å²) >= 11 is 1.74. The van der Waals surface area contributed by atoms with E-state index in [9.17, 15) is 13.2 Å². The van der Waals surface area contributed by atoms with Crippen molar-refractivity contribution >= 4 is 27.3 Å². The summed E-state index contributed by atoms with van der Waals surface area (Å²) in [5.41, 5.74) is 2.50. The van der Waals surface area contributed by atoms with Crippen LogP contribution in [0.25, 0.3) is 0 Å². The van der Waals surface area contributed by atoms with Crippen molar-refractivity contribution in [2.75, 3.05) is 13.1 Å². The molecule has 3 heterocycles. The van der Waals surface area contributed by atoms with Crippen LogP contribution in [0.5, 0.6) is 0 Å². The number of carbonyl (C=O) groups is 1. The lowest BCUT2D eigenvalue weighted by atomic mass is 10.0. The number of hydrogen-bond acceptors (Lipinski definition) is 4. The van der Waals surface area contributed by atoms with Crippen LogP contribution in [0.3, 0.4) is 0 Å². The van der Waals surface area contributed by atoms with Gasteiger partial charge in [0, 0.05) is 36.1 Å². The van der Waals surface area contributed by atoms with Crippen molar-refractivity contribution in [3.63, 3.8) is 0 Å². The standard InChI is InChI=1S/C21H26N2O3S2/c1-15-6-7-18(28(25,26)23-10-4-3-5-16(23)2)13-19(15)21(24)22-11-8-20-17(14-22)9-12-27-20/h6-7,9,12-13,16H,3-5,8,10-11,14H2,1-2H3. The van der Waals surface area contributed by atoms with Gasteiger partial charge in [-0.15, -0.1) is 11.3 Å². The fourth-order valence-corrected chi connectivity index (χ4v) is 6.76. The second-order valence-electron chi connectivity index (χ2n) is 7.78. The molecule has 1 atom stereocenters. The Morgan fingerprint density at radius 1 is 1.18 bits per heavy atom. The number of amides is 1. The van der Waals surface area contributed by atoms with E-state index in [1.165, 1.54) is 10.4 Å². The van der Waals surface area contributed by atoms with E-state index in [-0.39, 0.29) is 16.8 Å². The Labute approximate surface area is 171 Å². The Balaban J connectivity index is 1.63. The van der Waals surface area contributed by atoms with Crippen LogP contribution in [0.1, 0.15) is 52.5 Å². The van der Waals surface area contributed by atoms with Crippen LogP contribution in [0, 0.1) is 6.92 Å². The van der Waals surface area contributed by atoms with Gasteiger partial charge in [-0.2, -0.15) is 4.31 Å². The number of aryl methyl sites for hydroxylation is 1. The molecule has 0 bridgehead atoms. The minimum atomic E-state index is -3.59. The van der Waals surface area contributed by atoms with Gasteiger partial charge in [0.2, 0.25) is 10.0 Å². The number of sulfonamides is 1. The second-order valence-corrected chi connectivity index (χ2v) is 10.7. The lowest BCUT2D eigenvalue weighted by molar-refractivity contribution is 0.0735. The summed E-state index contributed by atoms with van der Waals surface area (Å²) in [4.78, 5) is 16.6. The maximum Gasteiger partial charge on any atom is 0.254 e. The highest BCUT2D eigenvalue weighted by Crippen LogP contribution is 2.29. The third-order valence-corrected chi connectivity index (χ3v) is 8.92. The van der Waals surface area contributed by atoms with Crippen LogP contribution >= 0.6 is 11.3 Å². The monoisotopic (exact) mass is 418 g/mol. The molecule has 1 aromatic carbocycles. The number of hydrogen-bond donors (Lipinski definition) is 0. The second kappa shape index (κ2) is 7.61. The molecular formula is C21H26N2O3S2. The van der Waals surface area contributed by atoms with Gasteiger partial charge in [-0.25, -0.2) is 8.42 Å². The van der Waals surface area contributed by atoms with Crippen molar-refractivity contribution in [2.45, 2.75) is 57.0 Å². The van der Waals surface area contributed by atoms with Gasteiger partial charge in [-0.05, 0) is 67.8 Å². The summed E-state index contributed by atoms with van der Waals surface area (Å²) in [5.74, 6) is -0.0851. The molecule has 1 aromatic heterocycles. The Morgan fingerprint density at radius 2 is 2.00 bits per heavy atom. The van der Waals surface area contributed by atoms with Crippen molar-refractivity contribution in [1.29, 1.82) is 0 Å². The SMILES string of the molecule is Cc1ccc(S(=O)(=O)N2CCCCC2C)cc1C(=O)N1CCc2sccc2C1. The number of rotatable bonds is 3. The molecule has 1 fully saturated rings. The van der Waals surface area contributed by atoms with Gasteiger partial charge in [-0.1, -0.05) is 12.5 Å². The van der Waals surface area contributed by atoms with E-state index in [0.29, 0.717) is 25.2 Å². The summed E-state index contributed by atoms with van der Waals surface area (Å²) in [5, 5.41) is 2.07. The number of piperidine rings is 1. The van der Waals surface area contributed by atoms with E-state index in [2.05, 4.69) is 11.4 Å². The summed E-state index contributed by atoms with van der Waals surface area (Å²) in [6.45, 7) is 5.65. The topological polar surface area (TPSA) is 57.7 Å². The van der Waals surface area contributed by atoms with Crippen LogP contribution in [-0.2, 0) is 23.0 Å². The Morgan fingerprint density at radius 3 is 2.79 bits per heavy atom. The summed E-state index contributed by atoms with van der Waals surface area (Å²) in [7, 11) is -3.59. The van der Waals surface area contributed by atoms with Crippen molar-refractivity contribution in [2.24, 2.45) is 0 Å². The minimum Gasteiger partial charge on any atom is -0.334 e. The molecular weight excluding hydrogens is 392 g/mol. The number of benzene rings is 1. The molecule has 2 aliphatic rings. The molecule has 150 valence electrons. The van der Waals surface area contributed by atoms with Crippen molar-refractivity contribution < 1.29 is 13.2 Å². The first-order valence-corrected chi connectivity index (χ1v) is 12.2. The van der Waals surface area contributed by atoms with Gasteiger partial charge in [0.1, 0.15) is 0 Å². The van der Waals surface area contributed by atoms with Gasteiger partial charge in [0.05, 0.1) is 4.90 Å². The molecule has 2 aliphatic heterocycles. The molecule has 7 heteroatoms. The first-order chi connectivity index (χ1) is 13.4. The summed E-state index contributed by atoms with van der Waals surface area (Å²) in [6, 6.07) is 7.05. The molecule has 1 amide bonds. The number of nitrogens with zero attached hydrogens (tertiary/aromatic N) is 2. The Bertz CT molecular complexity index is 997. The van der Waals surface area contributed by atoms with Crippen LogP contribution in [0.2, 0.25) is 0 Å². The van der Waals surface area contributed by atoms with Gasteiger partial charge < -0.3 is 4.90 Å². The van der Waals surface area contributed by atoms with Gasteiger partial charge >= 0.3 is 0 Å². The molecule has 0 N–H and O–H groups in total. The van der Waals surface area contributed by atoms with Gasteiger partial charge in [0.25, 0.3) is 5.91 Å². The van der Waals surface area contributed by atoms with Crippen LogP contribution < -0.4 is 0 Å². The molecule has 1 unspecified atom stereocenters. The molecule has 0 radical (unpaired) electrons. The average molecular weight is 419 g/mol. The van der Waals surface area contributed by atoms with Crippen molar-refractivity contribution in [3.05, 3.63) is 51.2 Å². The summed E-state index contributed by atoms with van der Waals surface area (Å²) < 4.78 is 28.0. The molecule has 2 aromatic rings. The molecule has 0 spiro atoms. The smallest absolute Gasteiger partial charge is 0.254 e. The van der Waals surface area contributed by atoms with E-state index < -0.39 is 10.0 Å². The van der Waals surface area contributed by atoms with Gasteiger partial charge in [0.15, 0.2) is 0 Å². The van der Waals surface area contributed by atoms with Crippen molar-refractivity contribution in [3.8, 4) is 0 Å². The van der Waals surface area contributed by atoms with Crippen LogP contribution in [0.4, 0.5) is 0 Å². The van der Waals surface area contributed by atoms with Crippen LogP contribution in [0.15, 0.2) is 34.5 Å². The number of thiophene rings is 1. The molecule has 5 nitrogen and oxygen atoms in total. The maximum absolute atomic E-state index is 13.2. The molecule has 28 heavy (non-hydrogen) atoms. The maximum atomic E-state index is 13.2. The number of carbonyl (C=O) groups excluding carboxylic acids is 1. The van der Waals surface area contributed by atoms with E-state index in [1.807, 2.05) is 18.7 Å². The molecule has 1 saturated heterocycles. The third kappa shape index (κ3) is 3.51. The van der Waals surface area contributed by atoms with Crippen molar-refractivity contribution in [1.82, 2.24) is 9.21 Å². The predicted molar refractivity (Wildman–Crippen MR) is 111 cm³/mol. The van der Waals surface area contributed by atoms with E-state index in [1.54, 1.807) is 33.8 Å². The molecule has 4 rings (SSSR count). The normalized spacial score (nSPS) is 20.8. The molecule has 0 aliphatic carbocycles. The Kier molecular flexibility index (Phi) is 5.33. The zero-order valence-electron chi connectivity index (χ0n) is 16.3. The first kappa shape index (κ1) is 19.6. The fourth-order valence-electron chi connectivity index (χ4n) is 4.15. The lowest BCUT2D eigenvalue weighted by Crippen LogP contribution is -2.42.